The second-order valence-electron chi connectivity index (χ2n) is 3.47. The zero-order valence-corrected chi connectivity index (χ0v) is 9.09. The predicted molar refractivity (Wildman–Crippen MR) is 55.0 cm³/mol. The van der Waals surface area contributed by atoms with Crippen molar-refractivity contribution in [2.24, 2.45) is 0 Å². The molecule has 0 aliphatic rings. The minimum atomic E-state index is -0.964. The lowest BCUT2D eigenvalue weighted by atomic mass is 10.0. The van der Waals surface area contributed by atoms with E-state index in [0.717, 1.165) is 0 Å². The Morgan fingerprint density at radius 3 is 2.57 bits per heavy atom. The Kier molecular flexibility index (Phi) is 3.11. The summed E-state index contributed by atoms with van der Waals surface area (Å²) in [5, 5.41) is 9.18. The first-order chi connectivity index (χ1) is 6.43. The Balaban J connectivity index is 3.35. The van der Waals surface area contributed by atoms with Crippen LogP contribution in [0.15, 0.2) is 6.07 Å². The molecule has 3 nitrogen and oxygen atoms in total. The molecule has 1 rings (SSSR count). The highest BCUT2D eigenvalue weighted by Crippen LogP contribution is 2.22. The number of carbonyl (C=O) groups is 1. The summed E-state index contributed by atoms with van der Waals surface area (Å²) in [6.45, 7) is 5.54. The molecule has 1 aromatic rings. The van der Waals surface area contributed by atoms with Crippen molar-refractivity contribution in [1.82, 2.24) is 4.98 Å². The first-order valence-electron chi connectivity index (χ1n) is 4.33. The molecule has 1 N–H and O–H groups in total. The van der Waals surface area contributed by atoms with Gasteiger partial charge in [0.2, 0.25) is 0 Å². The van der Waals surface area contributed by atoms with Crippen LogP contribution < -0.4 is 0 Å². The maximum atomic E-state index is 10.9. The highest BCUT2D eigenvalue weighted by atomic mass is 35.5. The van der Waals surface area contributed by atoms with Crippen molar-refractivity contribution in [2.45, 2.75) is 26.7 Å². The van der Waals surface area contributed by atoms with Crippen LogP contribution in [0.25, 0.3) is 0 Å². The van der Waals surface area contributed by atoms with Crippen LogP contribution in [0, 0.1) is 6.92 Å². The molecule has 0 saturated carbocycles. The molecule has 0 aromatic carbocycles. The molecule has 0 bridgehead atoms. The highest BCUT2D eigenvalue weighted by Gasteiger charge is 2.14. The van der Waals surface area contributed by atoms with Gasteiger partial charge >= 0.3 is 5.97 Å². The number of carboxylic acid groups (broad SMARTS) is 1. The third kappa shape index (κ3) is 2.04. The van der Waals surface area contributed by atoms with Crippen LogP contribution in [0.2, 0.25) is 5.15 Å². The van der Waals surface area contributed by atoms with E-state index < -0.39 is 5.97 Å². The van der Waals surface area contributed by atoms with E-state index in [1.807, 2.05) is 13.8 Å². The summed E-state index contributed by atoms with van der Waals surface area (Å²) >= 11 is 5.83. The minimum absolute atomic E-state index is 0.172. The third-order valence-corrected chi connectivity index (χ3v) is 2.42. The normalized spacial score (nSPS) is 10.6. The lowest BCUT2D eigenvalue weighted by molar-refractivity contribution is 0.0696. The van der Waals surface area contributed by atoms with Gasteiger partial charge in [0.05, 0.1) is 5.56 Å². The maximum absolute atomic E-state index is 10.9. The van der Waals surface area contributed by atoms with Crippen molar-refractivity contribution in [3.8, 4) is 0 Å². The third-order valence-electron chi connectivity index (χ3n) is 2.05. The summed E-state index contributed by atoms with van der Waals surface area (Å²) in [4.78, 5) is 15.0. The molecule has 0 amide bonds. The second-order valence-corrected chi connectivity index (χ2v) is 3.83. The van der Waals surface area contributed by atoms with Crippen molar-refractivity contribution in [3.05, 3.63) is 28.0 Å². The SMILES string of the molecule is Cc1c(C(=O)O)cc(C(C)C)nc1Cl. The highest BCUT2D eigenvalue weighted by molar-refractivity contribution is 6.30. The van der Waals surface area contributed by atoms with Gasteiger partial charge in [-0.2, -0.15) is 0 Å². The molecule has 0 aliphatic carbocycles. The summed E-state index contributed by atoms with van der Waals surface area (Å²) in [6, 6.07) is 1.58. The van der Waals surface area contributed by atoms with Gasteiger partial charge in [-0.15, -0.1) is 0 Å². The van der Waals surface area contributed by atoms with E-state index in [1.165, 1.54) is 0 Å². The van der Waals surface area contributed by atoms with Gasteiger partial charge in [-0.25, -0.2) is 9.78 Å². The summed E-state index contributed by atoms with van der Waals surface area (Å²) in [6.07, 6.45) is 0. The molecule has 0 spiro atoms. The van der Waals surface area contributed by atoms with Gasteiger partial charge in [0.15, 0.2) is 0 Å². The number of pyridine rings is 1. The summed E-state index contributed by atoms with van der Waals surface area (Å²) in [5.74, 6) is -0.792. The molecule has 0 atom stereocenters. The van der Waals surface area contributed by atoms with Crippen molar-refractivity contribution in [1.29, 1.82) is 0 Å². The molecule has 1 aromatic heterocycles. The van der Waals surface area contributed by atoms with Gasteiger partial charge in [0.1, 0.15) is 5.15 Å². The van der Waals surface area contributed by atoms with Gasteiger partial charge < -0.3 is 5.11 Å². The Morgan fingerprint density at radius 2 is 2.14 bits per heavy atom. The molecule has 14 heavy (non-hydrogen) atoms. The van der Waals surface area contributed by atoms with Crippen LogP contribution in [0.4, 0.5) is 0 Å². The van der Waals surface area contributed by atoms with Gasteiger partial charge in [-0.1, -0.05) is 25.4 Å². The molecule has 0 fully saturated rings. The lowest BCUT2D eigenvalue weighted by Crippen LogP contribution is -2.05. The Hall–Kier alpha value is -1.09. The van der Waals surface area contributed by atoms with E-state index in [1.54, 1.807) is 13.0 Å². The molecule has 0 saturated heterocycles. The molecule has 0 radical (unpaired) electrons. The van der Waals surface area contributed by atoms with Gasteiger partial charge in [-0.3, -0.25) is 0 Å². The van der Waals surface area contributed by atoms with Crippen LogP contribution in [-0.4, -0.2) is 16.1 Å². The van der Waals surface area contributed by atoms with Gasteiger partial charge in [0.25, 0.3) is 0 Å². The van der Waals surface area contributed by atoms with Crippen LogP contribution in [-0.2, 0) is 0 Å². The first-order valence-corrected chi connectivity index (χ1v) is 4.71. The number of aromatic carboxylic acids is 1. The van der Waals surface area contributed by atoms with E-state index in [4.69, 9.17) is 16.7 Å². The number of carboxylic acids is 1. The van der Waals surface area contributed by atoms with Crippen molar-refractivity contribution in [3.63, 3.8) is 0 Å². The molecule has 0 aliphatic heterocycles. The lowest BCUT2D eigenvalue weighted by Gasteiger charge is -2.09. The zero-order chi connectivity index (χ0) is 10.9. The van der Waals surface area contributed by atoms with E-state index in [2.05, 4.69) is 4.98 Å². The topological polar surface area (TPSA) is 50.2 Å². The summed E-state index contributed by atoms with van der Waals surface area (Å²) in [7, 11) is 0. The summed E-state index contributed by atoms with van der Waals surface area (Å²) in [5.41, 5.74) is 1.45. The van der Waals surface area contributed by atoms with Crippen LogP contribution >= 0.6 is 11.6 Å². The fourth-order valence-electron chi connectivity index (χ4n) is 1.11. The molecule has 1 heterocycles. The van der Waals surface area contributed by atoms with Crippen molar-refractivity contribution in [2.75, 3.05) is 0 Å². The predicted octanol–water partition coefficient (Wildman–Crippen LogP) is 2.87. The van der Waals surface area contributed by atoms with Gasteiger partial charge in [-0.05, 0) is 18.9 Å². The standard InChI is InChI=1S/C10H12ClNO2/c1-5(2)8-4-7(10(13)14)6(3)9(11)12-8/h4-5H,1-3H3,(H,13,14). The number of rotatable bonds is 2. The molecule has 4 heteroatoms. The number of halogens is 1. The average Bonchev–Trinajstić information content (AvgIpc) is 2.08. The zero-order valence-electron chi connectivity index (χ0n) is 8.34. The van der Waals surface area contributed by atoms with Crippen molar-refractivity contribution >= 4 is 17.6 Å². The average molecular weight is 214 g/mol. The molecular weight excluding hydrogens is 202 g/mol. The van der Waals surface area contributed by atoms with Gasteiger partial charge in [0, 0.05) is 11.3 Å². The Bertz CT molecular complexity index is 375. The fraction of sp³-hybridized carbons (Fsp3) is 0.400. The molecule has 76 valence electrons. The first kappa shape index (κ1) is 11.0. The number of aromatic nitrogens is 1. The Labute approximate surface area is 87.7 Å². The van der Waals surface area contributed by atoms with E-state index in [-0.39, 0.29) is 16.6 Å². The Morgan fingerprint density at radius 1 is 1.57 bits per heavy atom. The molecular formula is C10H12ClNO2. The van der Waals surface area contributed by atoms with Crippen LogP contribution in [0.3, 0.4) is 0 Å². The monoisotopic (exact) mass is 213 g/mol. The largest absolute Gasteiger partial charge is 0.478 e. The fourth-order valence-corrected chi connectivity index (χ4v) is 1.31. The van der Waals surface area contributed by atoms with Crippen molar-refractivity contribution < 1.29 is 9.90 Å². The maximum Gasteiger partial charge on any atom is 0.336 e. The van der Waals surface area contributed by atoms with E-state index in [0.29, 0.717) is 11.3 Å². The minimum Gasteiger partial charge on any atom is -0.478 e. The quantitative estimate of drug-likeness (QED) is 0.769. The smallest absolute Gasteiger partial charge is 0.336 e. The van der Waals surface area contributed by atoms with E-state index >= 15 is 0 Å². The van der Waals surface area contributed by atoms with Crippen LogP contribution in [0.5, 0.6) is 0 Å². The second kappa shape index (κ2) is 3.96. The number of hydrogen-bond donors (Lipinski definition) is 1. The number of nitrogens with zero attached hydrogens (tertiary/aromatic N) is 1. The number of hydrogen-bond acceptors (Lipinski definition) is 2. The van der Waals surface area contributed by atoms with Crippen LogP contribution in [0.1, 0.15) is 41.4 Å². The summed E-state index contributed by atoms with van der Waals surface area (Å²) < 4.78 is 0. The van der Waals surface area contributed by atoms with E-state index in [9.17, 15) is 4.79 Å². The molecule has 0 unspecified atom stereocenters.